The second kappa shape index (κ2) is 8.38. The van der Waals surface area contributed by atoms with Gasteiger partial charge in [0.25, 0.3) is 0 Å². The van der Waals surface area contributed by atoms with Crippen LogP contribution in [0.4, 0.5) is 5.69 Å². The SMILES string of the molecule is N#CCCn1c(SCC(=O)Nc2ccc(C(N)=O)cc2)nc2ccccc21. The van der Waals surface area contributed by atoms with Crippen LogP contribution in [0.5, 0.6) is 0 Å². The lowest BCUT2D eigenvalue weighted by atomic mass is 10.2. The lowest BCUT2D eigenvalue weighted by molar-refractivity contribution is -0.113. The molecule has 2 aromatic carbocycles. The number of nitrogens with zero attached hydrogens (tertiary/aromatic N) is 3. The van der Waals surface area contributed by atoms with Gasteiger partial charge in [-0.1, -0.05) is 23.9 Å². The summed E-state index contributed by atoms with van der Waals surface area (Å²) < 4.78 is 1.96. The number of para-hydroxylation sites is 2. The number of nitrogens with two attached hydrogens (primary N) is 1. The predicted molar refractivity (Wildman–Crippen MR) is 104 cm³/mol. The average Bonchev–Trinajstić information content (AvgIpc) is 3.02. The number of carbonyl (C=O) groups is 2. The zero-order chi connectivity index (χ0) is 19.2. The van der Waals surface area contributed by atoms with Gasteiger partial charge in [-0.05, 0) is 36.4 Å². The first-order valence-corrected chi connectivity index (χ1v) is 9.22. The Bertz CT molecular complexity index is 1020. The van der Waals surface area contributed by atoms with Crippen molar-refractivity contribution in [2.45, 2.75) is 18.1 Å². The summed E-state index contributed by atoms with van der Waals surface area (Å²) >= 11 is 1.31. The number of amides is 2. The number of imidazole rings is 1. The third-order valence-corrected chi connectivity index (χ3v) is 4.83. The van der Waals surface area contributed by atoms with Gasteiger partial charge in [-0.2, -0.15) is 5.26 Å². The molecule has 7 nitrogen and oxygen atoms in total. The molecule has 3 aromatic rings. The summed E-state index contributed by atoms with van der Waals surface area (Å²) in [5.41, 5.74) is 7.94. The fourth-order valence-corrected chi connectivity index (χ4v) is 3.43. The molecule has 0 aliphatic carbocycles. The highest BCUT2D eigenvalue weighted by Crippen LogP contribution is 2.24. The van der Waals surface area contributed by atoms with Crippen LogP contribution in [-0.2, 0) is 11.3 Å². The molecule has 136 valence electrons. The van der Waals surface area contributed by atoms with Crippen molar-refractivity contribution in [3.8, 4) is 6.07 Å². The summed E-state index contributed by atoms with van der Waals surface area (Å²) in [6, 6.07) is 16.2. The highest BCUT2D eigenvalue weighted by Gasteiger charge is 2.13. The molecule has 1 aromatic heterocycles. The number of aryl methyl sites for hydroxylation is 1. The first-order valence-electron chi connectivity index (χ1n) is 8.23. The highest BCUT2D eigenvalue weighted by molar-refractivity contribution is 7.99. The summed E-state index contributed by atoms with van der Waals surface area (Å²) in [4.78, 5) is 27.9. The quantitative estimate of drug-likeness (QED) is 0.613. The number of benzene rings is 2. The minimum Gasteiger partial charge on any atom is -0.366 e. The van der Waals surface area contributed by atoms with Crippen LogP contribution in [0.1, 0.15) is 16.8 Å². The molecule has 27 heavy (non-hydrogen) atoms. The molecule has 0 atom stereocenters. The number of anilines is 1. The van der Waals surface area contributed by atoms with E-state index < -0.39 is 5.91 Å². The lowest BCUT2D eigenvalue weighted by Gasteiger charge is -2.08. The monoisotopic (exact) mass is 379 g/mol. The predicted octanol–water partition coefficient (Wildman–Crippen LogP) is 2.78. The summed E-state index contributed by atoms with van der Waals surface area (Å²) in [5, 5.41) is 12.4. The van der Waals surface area contributed by atoms with Crippen LogP contribution in [0.25, 0.3) is 11.0 Å². The van der Waals surface area contributed by atoms with E-state index in [0.717, 1.165) is 11.0 Å². The van der Waals surface area contributed by atoms with Crippen LogP contribution in [-0.4, -0.2) is 27.1 Å². The Morgan fingerprint density at radius 2 is 1.93 bits per heavy atom. The maximum Gasteiger partial charge on any atom is 0.248 e. The van der Waals surface area contributed by atoms with E-state index in [-0.39, 0.29) is 11.7 Å². The van der Waals surface area contributed by atoms with E-state index in [1.54, 1.807) is 24.3 Å². The Morgan fingerprint density at radius 1 is 1.19 bits per heavy atom. The lowest BCUT2D eigenvalue weighted by Crippen LogP contribution is -2.15. The number of hydrogen-bond acceptors (Lipinski definition) is 5. The van der Waals surface area contributed by atoms with Crippen LogP contribution in [0.15, 0.2) is 53.7 Å². The first-order chi connectivity index (χ1) is 13.1. The van der Waals surface area contributed by atoms with Gasteiger partial charge in [0.1, 0.15) is 0 Å². The molecular formula is C19H17N5O2S. The van der Waals surface area contributed by atoms with Gasteiger partial charge in [-0.25, -0.2) is 4.98 Å². The van der Waals surface area contributed by atoms with E-state index >= 15 is 0 Å². The molecule has 0 aliphatic heterocycles. The van der Waals surface area contributed by atoms with Gasteiger partial charge in [-0.3, -0.25) is 9.59 Å². The number of carbonyl (C=O) groups excluding carboxylic acids is 2. The van der Waals surface area contributed by atoms with Crippen molar-refractivity contribution in [3.05, 3.63) is 54.1 Å². The molecule has 0 radical (unpaired) electrons. The topological polar surface area (TPSA) is 114 Å². The number of thioether (sulfide) groups is 1. The number of fused-ring (bicyclic) bond motifs is 1. The molecule has 0 saturated carbocycles. The van der Waals surface area contributed by atoms with Crippen molar-refractivity contribution < 1.29 is 9.59 Å². The third kappa shape index (κ3) is 4.46. The molecule has 0 fully saturated rings. The summed E-state index contributed by atoms with van der Waals surface area (Å²) in [7, 11) is 0. The van der Waals surface area contributed by atoms with Crippen molar-refractivity contribution in [2.24, 2.45) is 5.73 Å². The van der Waals surface area contributed by atoms with Gasteiger partial charge in [-0.15, -0.1) is 0 Å². The minimum atomic E-state index is -0.514. The fraction of sp³-hybridized carbons (Fsp3) is 0.158. The van der Waals surface area contributed by atoms with Crippen molar-refractivity contribution >= 4 is 40.3 Å². The van der Waals surface area contributed by atoms with E-state index in [1.807, 2.05) is 28.8 Å². The summed E-state index contributed by atoms with van der Waals surface area (Å²) in [5.74, 6) is -0.529. The average molecular weight is 379 g/mol. The first kappa shape index (κ1) is 18.5. The largest absolute Gasteiger partial charge is 0.366 e. The van der Waals surface area contributed by atoms with Crippen molar-refractivity contribution in [1.29, 1.82) is 5.26 Å². The molecule has 1 heterocycles. The standard InChI is InChI=1S/C19H17N5O2S/c20-10-3-11-24-16-5-2-1-4-15(16)23-19(24)27-12-17(25)22-14-8-6-13(7-9-14)18(21)26/h1-2,4-9H,3,11-12H2,(H2,21,26)(H,22,25). The minimum absolute atomic E-state index is 0.174. The Hall–Kier alpha value is -3.31. The molecule has 3 N–H and O–H groups in total. The highest BCUT2D eigenvalue weighted by atomic mass is 32.2. The van der Waals surface area contributed by atoms with Gasteiger partial charge in [0.2, 0.25) is 11.8 Å². The van der Waals surface area contributed by atoms with E-state index in [1.165, 1.54) is 11.8 Å². The molecular weight excluding hydrogens is 362 g/mol. The Morgan fingerprint density at radius 3 is 2.63 bits per heavy atom. The van der Waals surface area contributed by atoms with Gasteiger partial charge in [0.15, 0.2) is 5.16 Å². The van der Waals surface area contributed by atoms with Crippen molar-refractivity contribution in [3.63, 3.8) is 0 Å². The van der Waals surface area contributed by atoms with E-state index in [4.69, 9.17) is 11.0 Å². The molecule has 3 rings (SSSR count). The normalized spacial score (nSPS) is 10.5. The molecule has 0 bridgehead atoms. The maximum absolute atomic E-state index is 12.2. The van der Waals surface area contributed by atoms with Crippen LogP contribution < -0.4 is 11.1 Å². The van der Waals surface area contributed by atoms with Gasteiger partial charge < -0.3 is 15.6 Å². The molecule has 0 saturated heterocycles. The number of aromatic nitrogens is 2. The van der Waals surface area contributed by atoms with Gasteiger partial charge in [0.05, 0.1) is 29.3 Å². The molecule has 8 heteroatoms. The van der Waals surface area contributed by atoms with Crippen LogP contribution >= 0.6 is 11.8 Å². The Labute approximate surface area is 160 Å². The Balaban J connectivity index is 1.67. The van der Waals surface area contributed by atoms with Crippen molar-refractivity contribution in [2.75, 3.05) is 11.1 Å². The second-order valence-electron chi connectivity index (χ2n) is 5.72. The van der Waals surface area contributed by atoms with Crippen LogP contribution in [0, 0.1) is 11.3 Å². The van der Waals surface area contributed by atoms with Gasteiger partial charge >= 0.3 is 0 Å². The number of nitriles is 1. The van der Waals surface area contributed by atoms with E-state index in [2.05, 4.69) is 16.4 Å². The number of rotatable bonds is 7. The molecule has 0 spiro atoms. The number of nitrogens with one attached hydrogen (secondary N) is 1. The van der Waals surface area contributed by atoms with E-state index in [0.29, 0.717) is 29.4 Å². The smallest absolute Gasteiger partial charge is 0.248 e. The summed E-state index contributed by atoms with van der Waals surface area (Å²) in [6.45, 7) is 0.523. The van der Waals surface area contributed by atoms with Crippen LogP contribution in [0.3, 0.4) is 0 Å². The zero-order valence-electron chi connectivity index (χ0n) is 14.4. The Kier molecular flexibility index (Phi) is 5.74. The molecule has 0 aliphatic rings. The van der Waals surface area contributed by atoms with Gasteiger partial charge in [0, 0.05) is 17.8 Å². The molecule has 0 unspecified atom stereocenters. The second-order valence-corrected chi connectivity index (χ2v) is 6.66. The molecule has 2 amide bonds. The summed E-state index contributed by atoms with van der Waals surface area (Å²) in [6.07, 6.45) is 0.367. The number of hydrogen-bond donors (Lipinski definition) is 2. The fourth-order valence-electron chi connectivity index (χ4n) is 2.59. The van der Waals surface area contributed by atoms with E-state index in [9.17, 15) is 9.59 Å². The number of primary amides is 1. The van der Waals surface area contributed by atoms with Crippen molar-refractivity contribution in [1.82, 2.24) is 9.55 Å². The third-order valence-electron chi connectivity index (χ3n) is 3.85. The maximum atomic E-state index is 12.2. The van der Waals surface area contributed by atoms with Crippen LogP contribution in [0.2, 0.25) is 0 Å². The zero-order valence-corrected chi connectivity index (χ0v) is 15.2.